The fourth-order valence-corrected chi connectivity index (χ4v) is 10.8. The molecule has 0 aliphatic heterocycles. The molecule has 0 heterocycles. The number of unbranched alkanes of at least 4 members (excludes halogenated alkanes) is 46. The molecule has 0 saturated carbocycles. The van der Waals surface area contributed by atoms with E-state index in [1.165, 1.54) is 257 Å². The zero-order valence-electron chi connectivity index (χ0n) is 55.0. The van der Waals surface area contributed by atoms with E-state index in [0.29, 0.717) is 19.3 Å². The third-order valence-corrected chi connectivity index (χ3v) is 16.3. The summed E-state index contributed by atoms with van der Waals surface area (Å²) < 4.78 is 17.0. The van der Waals surface area contributed by atoms with Crippen molar-refractivity contribution in [1.29, 1.82) is 0 Å². The molecule has 0 spiro atoms. The molecule has 0 aliphatic rings. The van der Waals surface area contributed by atoms with Gasteiger partial charge in [0.15, 0.2) is 6.10 Å². The lowest BCUT2D eigenvalue weighted by Crippen LogP contribution is -2.30. The lowest BCUT2D eigenvalue weighted by molar-refractivity contribution is -0.167. The van der Waals surface area contributed by atoms with E-state index in [2.05, 4.69) is 81.5 Å². The highest BCUT2D eigenvalue weighted by atomic mass is 16.6. The molecule has 0 aliphatic carbocycles. The molecule has 0 bridgehead atoms. The number of allylic oxidation sites excluding steroid dienone is 10. The van der Waals surface area contributed by atoms with Crippen LogP contribution in [-0.4, -0.2) is 37.2 Å². The van der Waals surface area contributed by atoms with Crippen LogP contribution in [0.2, 0.25) is 0 Å². The van der Waals surface area contributed by atoms with Crippen LogP contribution in [0.1, 0.15) is 387 Å². The SMILES string of the molecule is CC/C=C\C/C=C\C/C=C\CCCCCC(=O)OCC(COC(=O)CCCCCCCCCCCCCCCCCCCCCCCCCCCCCC)OC(=O)CCCCCCCCCCCCC/C=C\C/C=C\CCCCCCC. The predicted molar refractivity (Wildman–Crippen MR) is 358 cm³/mol. The number of esters is 3. The maximum atomic E-state index is 13.0. The number of hydrogen-bond donors (Lipinski definition) is 0. The predicted octanol–water partition coefficient (Wildman–Crippen LogP) is 25.1. The monoisotopic (exact) mass is 1150 g/mol. The van der Waals surface area contributed by atoms with Crippen LogP contribution in [0.3, 0.4) is 0 Å². The highest BCUT2D eigenvalue weighted by Gasteiger charge is 2.19. The first-order valence-electron chi connectivity index (χ1n) is 36.3. The molecule has 82 heavy (non-hydrogen) atoms. The van der Waals surface area contributed by atoms with Gasteiger partial charge >= 0.3 is 17.9 Å². The number of carbonyl (C=O) groups excluding carboxylic acids is 3. The molecule has 0 fully saturated rings. The Kier molecular flexibility index (Phi) is 68.1. The van der Waals surface area contributed by atoms with Crippen molar-refractivity contribution in [2.75, 3.05) is 13.2 Å². The van der Waals surface area contributed by atoms with Crippen molar-refractivity contribution in [2.24, 2.45) is 0 Å². The molecule has 1 unspecified atom stereocenters. The van der Waals surface area contributed by atoms with E-state index in [1.54, 1.807) is 0 Å². The van der Waals surface area contributed by atoms with E-state index in [1.807, 2.05) is 0 Å². The molecule has 0 amide bonds. The van der Waals surface area contributed by atoms with Gasteiger partial charge in [0, 0.05) is 19.3 Å². The van der Waals surface area contributed by atoms with E-state index >= 15 is 0 Å². The Morgan fingerprint density at radius 1 is 0.256 bits per heavy atom. The minimum absolute atomic E-state index is 0.0807. The van der Waals surface area contributed by atoms with Crippen molar-refractivity contribution in [3.8, 4) is 0 Å². The second-order valence-electron chi connectivity index (χ2n) is 24.5. The van der Waals surface area contributed by atoms with Crippen molar-refractivity contribution in [1.82, 2.24) is 0 Å². The van der Waals surface area contributed by atoms with Crippen LogP contribution in [0.5, 0.6) is 0 Å². The van der Waals surface area contributed by atoms with Crippen LogP contribution in [-0.2, 0) is 28.6 Å². The number of hydrogen-bond acceptors (Lipinski definition) is 6. The van der Waals surface area contributed by atoms with Crippen molar-refractivity contribution in [3.05, 3.63) is 60.8 Å². The van der Waals surface area contributed by atoms with Gasteiger partial charge in [-0.25, -0.2) is 0 Å². The van der Waals surface area contributed by atoms with E-state index < -0.39 is 6.10 Å². The van der Waals surface area contributed by atoms with Gasteiger partial charge in [-0.1, -0.05) is 345 Å². The van der Waals surface area contributed by atoms with Crippen LogP contribution >= 0.6 is 0 Å². The summed E-state index contributed by atoms with van der Waals surface area (Å²) in [6.45, 7) is 6.55. The molecular weight excluding hydrogens is 1010 g/mol. The maximum absolute atomic E-state index is 13.0. The highest BCUT2D eigenvalue weighted by molar-refractivity contribution is 5.71. The van der Waals surface area contributed by atoms with Gasteiger partial charge in [-0.05, 0) is 83.5 Å². The largest absolute Gasteiger partial charge is 0.462 e. The molecule has 6 heteroatoms. The lowest BCUT2D eigenvalue weighted by Gasteiger charge is -2.18. The van der Waals surface area contributed by atoms with Crippen molar-refractivity contribution < 1.29 is 28.6 Å². The first kappa shape index (κ1) is 79.1. The fraction of sp³-hybridized carbons (Fsp3) is 0.829. The van der Waals surface area contributed by atoms with Gasteiger partial charge in [0.05, 0.1) is 0 Å². The maximum Gasteiger partial charge on any atom is 0.306 e. The summed E-state index contributed by atoms with van der Waals surface area (Å²) in [5, 5.41) is 0. The first-order valence-corrected chi connectivity index (χ1v) is 36.3. The van der Waals surface area contributed by atoms with E-state index in [0.717, 1.165) is 89.9 Å². The van der Waals surface area contributed by atoms with Crippen LogP contribution in [0.25, 0.3) is 0 Å². The van der Waals surface area contributed by atoms with Gasteiger partial charge < -0.3 is 14.2 Å². The Morgan fingerprint density at radius 2 is 0.476 bits per heavy atom. The zero-order valence-corrected chi connectivity index (χ0v) is 55.0. The van der Waals surface area contributed by atoms with E-state index in [-0.39, 0.29) is 31.1 Å². The average molecular weight is 1150 g/mol. The molecular formula is C76H138O6. The third-order valence-electron chi connectivity index (χ3n) is 16.3. The van der Waals surface area contributed by atoms with Gasteiger partial charge in [0.25, 0.3) is 0 Å². The second kappa shape index (κ2) is 70.6. The van der Waals surface area contributed by atoms with E-state index in [9.17, 15) is 14.4 Å². The quantitative estimate of drug-likeness (QED) is 0.0261. The Hall–Kier alpha value is -2.89. The summed E-state index contributed by atoms with van der Waals surface area (Å²) in [5.74, 6) is -0.890. The highest BCUT2D eigenvalue weighted by Crippen LogP contribution is 2.19. The molecule has 6 nitrogen and oxygen atoms in total. The molecule has 0 aromatic rings. The van der Waals surface area contributed by atoms with E-state index in [4.69, 9.17) is 14.2 Å². The van der Waals surface area contributed by atoms with Crippen molar-refractivity contribution >= 4 is 17.9 Å². The summed E-state index contributed by atoms with van der Waals surface area (Å²) in [7, 11) is 0. The lowest BCUT2D eigenvalue weighted by atomic mass is 10.0. The Bertz CT molecular complexity index is 1460. The number of ether oxygens (including phenoxy) is 3. The van der Waals surface area contributed by atoms with Gasteiger partial charge in [-0.3, -0.25) is 14.4 Å². The first-order chi connectivity index (χ1) is 40.5. The number of carbonyl (C=O) groups is 3. The summed E-state index contributed by atoms with van der Waals surface area (Å²) >= 11 is 0. The van der Waals surface area contributed by atoms with Crippen LogP contribution in [0.4, 0.5) is 0 Å². The molecule has 0 aromatic heterocycles. The smallest absolute Gasteiger partial charge is 0.306 e. The zero-order chi connectivity index (χ0) is 59.2. The summed E-state index contributed by atoms with van der Waals surface area (Å²) in [6, 6.07) is 0. The standard InChI is InChI=1S/C76H138O6/c1-4-7-10-13-16-19-22-25-27-29-31-33-35-36-37-38-39-41-42-44-46-48-51-54-57-60-63-66-69-75(78)81-72-73(71-80-74(77)68-65-62-59-56-53-50-24-21-18-15-12-9-6-3)82-76(79)70-67-64-61-58-55-52-49-47-45-43-40-34-32-30-28-26-23-20-17-14-11-8-5-2/h9,12,18,21,23,26,30,32,50,53,73H,4-8,10-11,13-17,19-20,22,24-25,27-29,31,33-49,51-52,54-72H2,1-3H3/b12-9-,21-18-,26-23-,32-30-,53-50-. The van der Waals surface area contributed by atoms with Crippen LogP contribution in [0, 0.1) is 0 Å². The minimum Gasteiger partial charge on any atom is -0.462 e. The van der Waals surface area contributed by atoms with Gasteiger partial charge in [0.1, 0.15) is 13.2 Å². The second-order valence-corrected chi connectivity index (χ2v) is 24.5. The molecule has 0 radical (unpaired) electrons. The topological polar surface area (TPSA) is 78.9 Å². The Balaban J connectivity index is 4.22. The van der Waals surface area contributed by atoms with Crippen LogP contribution < -0.4 is 0 Å². The molecule has 478 valence electrons. The number of rotatable bonds is 67. The Labute approximate surface area is 510 Å². The molecule has 0 saturated heterocycles. The third kappa shape index (κ3) is 67.9. The Morgan fingerprint density at radius 3 is 0.756 bits per heavy atom. The van der Waals surface area contributed by atoms with Crippen molar-refractivity contribution in [2.45, 2.75) is 393 Å². The minimum atomic E-state index is -0.788. The molecule has 0 N–H and O–H groups in total. The molecule has 1 atom stereocenters. The normalized spacial score (nSPS) is 12.4. The summed E-state index contributed by atoms with van der Waals surface area (Å²) in [5.41, 5.74) is 0. The summed E-state index contributed by atoms with van der Waals surface area (Å²) in [4.78, 5) is 38.4. The molecule has 0 rings (SSSR count). The molecule has 0 aromatic carbocycles. The average Bonchev–Trinajstić information content (AvgIpc) is 3.47. The van der Waals surface area contributed by atoms with Crippen molar-refractivity contribution in [3.63, 3.8) is 0 Å². The van der Waals surface area contributed by atoms with Gasteiger partial charge in [0.2, 0.25) is 0 Å². The van der Waals surface area contributed by atoms with Crippen LogP contribution in [0.15, 0.2) is 60.8 Å². The van der Waals surface area contributed by atoms with Gasteiger partial charge in [-0.15, -0.1) is 0 Å². The summed E-state index contributed by atoms with van der Waals surface area (Å²) in [6.07, 6.45) is 91.3. The van der Waals surface area contributed by atoms with Gasteiger partial charge in [-0.2, -0.15) is 0 Å². The fourth-order valence-electron chi connectivity index (χ4n) is 10.8.